The van der Waals surface area contributed by atoms with Gasteiger partial charge in [-0.1, -0.05) is 0 Å². The van der Waals surface area contributed by atoms with Gasteiger partial charge in [0.2, 0.25) is 5.88 Å². The SMILES string of the molecule is COc1ncccc1C(=O)Nc1ccc2oc(C)nc2c1. The first kappa shape index (κ1) is 13.1. The number of rotatable bonds is 3. The number of anilines is 1. The predicted octanol–water partition coefficient (Wildman–Crippen LogP) is 2.79. The number of carbonyl (C=O) groups excluding carboxylic acids is 1. The van der Waals surface area contributed by atoms with Crippen molar-refractivity contribution in [3.8, 4) is 5.88 Å². The number of benzene rings is 1. The molecule has 0 aliphatic carbocycles. The summed E-state index contributed by atoms with van der Waals surface area (Å²) in [6.45, 7) is 1.78. The molecule has 6 nitrogen and oxygen atoms in total. The molecule has 0 saturated carbocycles. The molecule has 0 radical (unpaired) electrons. The van der Waals surface area contributed by atoms with Crippen LogP contribution in [0.25, 0.3) is 11.1 Å². The lowest BCUT2D eigenvalue weighted by Crippen LogP contribution is -2.13. The van der Waals surface area contributed by atoms with Crippen molar-refractivity contribution >= 4 is 22.7 Å². The molecule has 0 spiro atoms. The van der Waals surface area contributed by atoms with E-state index < -0.39 is 0 Å². The summed E-state index contributed by atoms with van der Waals surface area (Å²) in [5.41, 5.74) is 2.39. The van der Waals surface area contributed by atoms with E-state index >= 15 is 0 Å². The molecule has 106 valence electrons. The lowest BCUT2D eigenvalue weighted by atomic mass is 10.2. The molecule has 6 heteroatoms. The minimum atomic E-state index is -0.292. The molecule has 0 aliphatic heterocycles. The van der Waals surface area contributed by atoms with Crippen LogP contribution in [0.15, 0.2) is 40.9 Å². The minimum Gasteiger partial charge on any atom is -0.480 e. The molecular weight excluding hydrogens is 270 g/mol. The van der Waals surface area contributed by atoms with E-state index in [0.717, 1.165) is 0 Å². The van der Waals surface area contributed by atoms with E-state index in [4.69, 9.17) is 9.15 Å². The van der Waals surface area contributed by atoms with Crippen LogP contribution in [0.4, 0.5) is 5.69 Å². The normalized spacial score (nSPS) is 10.6. The highest BCUT2D eigenvalue weighted by Gasteiger charge is 2.13. The molecule has 0 saturated heterocycles. The zero-order valence-electron chi connectivity index (χ0n) is 11.6. The van der Waals surface area contributed by atoms with Crippen molar-refractivity contribution in [3.63, 3.8) is 0 Å². The molecule has 1 amide bonds. The van der Waals surface area contributed by atoms with Gasteiger partial charge in [-0.15, -0.1) is 0 Å². The number of amides is 1. The summed E-state index contributed by atoms with van der Waals surface area (Å²) in [5.74, 6) is 0.579. The van der Waals surface area contributed by atoms with Crippen molar-refractivity contribution in [1.29, 1.82) is 0 Å². The summed E-state index contributed by atoms with van der Waals surface area (Å²) in [5, 5.41) is 2.79. The highest BCUT2D eigenvalue weighted by molar-refractivity contribution is 6.06. The van der Waals surface area contributed by atoms with Crippen molar-refractivity contribution in [3.05, 3.63) is 48.0 Å². The number of nitrogens with zero attached hydrogens (tertiary/aromatic N) is 2. The van der Waals surface area contributed by atoms with Crippen molar-refractivity contribution in [2.24, 2.45) is 0 Å². The Hall–Kier alpha value is -2.89. The number of ether oxygens (including phenoxy) is 1. The maximum absolute atomic E-state index is 12.3. The average molecular weight is 283 g/mol. The number of aromatic nitrogens is 2. The first-order valence-electron chi connectivity index (χ1n) is 6.35. The second-order valence-corrected chi connectivity index (χ2v) is 4.43. The van der Waals surface area contributed by atoms with E-state index in [2.05, 4.69) is 15.3 Å². The fraction of sp³-hybridized carbons (Fsp3) is 0.133. The second kappa shape index (κ2) is 5.24. The summed E-state index contributed by atoms with van der Waals surface area (Å²) in [4.78, 5) is 20.5. The van der Waals surface area contributed by atoms with E-state index in [0.29, 0.717) is 28.2 Å². The molecule has 2 aromatic heterocycles. The van der Waals surface area contributed by atoms with Gasteiger partial charge in [0.1, 0.15) is 11.1 Å². The molecule has 2 heterocycles. The predicted molar refractivity (Wildman–Crippen MR) is 77.5 cm³/mol. The van der Waals surface area contributed by atoms with Gasteiger partial charge >= 0.3 is 0 Å². The van der Waals surface area contributed by atoms with Crippen LogP contribution in [0.1, 0.15) is 16.2 Å². The average Bonchev–Trinajstić information content (AvgIpc) is 2.86. The smallest absolute Gasteiger partial charge is 0.261 e. The van der Waals surface area contributed by atoms with Crippen LogP contribution in [0.3, 0.4) is 0 Å². The molecule has 1 N–H and O–H groups in total. The van der Waals surface area contributed by atoms with Gasteiger partial charge in [-0.05, 0) is 30.3 Å². The Bertz CT molecular complexity index is 811. The fourth-order valence-corrected chi connectivity index (χ4v) is 2.05. The van der Waals surface area contributed by atoms with Crippen LogP contribution in [-0.2, 0) is 0 Å². The van der Waals surface area contributed by atoms with Crippen LogP contribution in [0.5, 0.6) is 5.88 Å². The molecule has 3 rings (SSSR count). The maximum Gasteiger partial charge on any atom is 0.261 e. The first-order valence-corrected chi connectivity index (χ1v) is 6.35. The monoisotopic (exact) mass is 283 g/mol. The van der Waals surface area contributed by atoms with E-state index in [1.165, 1.54) is 7.11 Å². The van der Waals surface area contributed by atoms with Crippen LogP contribution in [-0.4, -0.2) is 23.0 Å². The van der Waals surface area contributed by atoms with E-state index in [1.54, 1.807) is 43.5 Å². The number of fused-ring (bicyclic) bond motifs is 1. The molecule has 0 unspecified atom stereocenters. The number of oxazole rings is 1. The summed E-state index contributed by atoms with van der Waals surface area (Å²) < 4.78 is 10.5. The van der Waals surface area contributed by atoms with Gasteiger partial charge in [0.15, 0.2) is 11.5 Å². The lowest BCUT2D eigenvalue weighted by Gasteiger charge is -2.07. The zero-order chi connectivity index (χ0) is 14.8. The third-order valence-electron chi connectivity index (χ3n) is 2.96. The van der Waals surface area contributed by atoms with Gasteiger partial charge in [0.25, 0.3) is 5.91 Å². The van der Waals surface area contributed by atoms with Crippen molar-refractivity contribution < 1.29 is 13.9 Å². The molecule has 0 fully saturated rings. The lowest BCUT2D eigenvalue weighted by molar-refractivity contribution is 0.102. The van der Waals surface area contributed by atoms with Gasteiger partial charge in [0, 0.05) is 18.8 Å². The van der Waals surface area contributed by atoms with Crippen molar-refractivity contribution in [2.75, 3.05) is 12.4 Å². The topological polar surface area (TPSA) is 77.2 Å². The fourth-order valence-electron chi connectivity index (χ4n) is 2.05. The van der Waals surface area contributed by atoms with Crippen LogP contribution < -0.4 is 10.1 Å². The van der Waals surface area contributed by atoms with E-state index in [9.17, 15) is 4.79 Å². The Kier molecular flexibility index (Phi) is 3.27. The Morgan fingerprint density at radius 3 is 3.00 bits per heavy atom. The van der Waals surface area contributed by atoms with Crippen LogP contribution >= 0.6 is 0 Å². The number of nitrogens with one attached hydrogen (secondary N) is 1. The maximum atomic E-state index is 12.3. The molecule has 0 atom stereocenters. The largest absolute Gasteiger partial charge is 0.480 e. The second-order valence-electron chi connectivity index (χ2n) is 4.43. The quantitative estimate of drug-likeness (QED) is 0.799. The first-order chi connectivity index (χ1) is 10.2. The molecule has 0 aliphatic rings. The van der Waals surface area contributed by atoms with Crippen molar-refractivity contribution in [2.45, 2.75) is 6.92 Å². The van der Waals surface area contributed by atoms with Gasteiger partial charge in [-0.25, -0.2) is 9.97 Å². The Balaban J connectivity index is 1.88. The van der Waals surface area contributed by atoms with Crippen LogP contribution in [0, 0.1) is 6.92 Å². The van der Waals surface area contributed by atoms with E-state index in [1.807, 2.05) is 0 Å². The zero-order valence-corrected chi connectivity index (χ0v) is 11.6. The number of hydrogen-bond acceptors (Lipinski definition) is 5. The van der Waals surface area contributed by atoms with Gasteiger partial charge < -0.3 is 14.5 Å². The molecule has 1 aromatic carbocycles. The summed E-state index contributed by atoms with van der Waals surface area (Å²) >= 11 is 0. The molecule has 21 heavy (non-hydrogen) atoms. The standard InChI is InChI=1S/C15H13N3O3/c1-9-17-12-8-10(5-6-13(12)21-9)18-14(19)11-4-3-7-16-15(11)20-2/h3-8H,1-2H3,(H,18,19). The Labute approximate surface area is 120 Å². The highest BCUT2D eigenvalue weighted by Crippen LogP contribution is 2.21. The number of carbonyl (C=O) groups is 1. The van der Waals surface area contributed by atoms with Gasteiger partial charge in [-0.3, -0.25) is 4.79 Å². The third kappa shape index (κ3) is 2.55. The number of pyridine rings is 1. The van der Waals surface area contributed by atoms with Crippen LogP contribution in [0.2, 0.25) is 0 Å². The molecule has 3 aromatic rings. The Morgan fingerprint density at radius 2 is 2.19 bits per heavy atom. The third-order valence-corrected chi connectivity index (χ3v) is 2.96. The van der Waals surface area contributed by atoms with E-state index in [-0.39, 0.29) is 11.8 Å². The minimum absolute atomic E-state index is 0.286. The van der Waals surface area contributed by atoms with Crippen molar-refractivity contribution in [1.82, 2.24) is 9.97 Å². The Morgan fingerprint density at radius 1 is 1.33 bits per heavy atom. The van der Waals surface area contributed by atoms with Gasteiger partial charge in [0.05, 0.1) is 7.11 Å². The van der Waals surface area contributed by atoms with Gasteiger partial charge in [-0.2, -0.15) is 0 Å². The summed E-state index contributed by atoms with van der Waals surface area (Å²) in [7, 11) is 1.48. The summed E-state index contributed by atoms with van der Waals surface area (Å²) in [6.07, 6.45) is 1.57. The number of aryl methyl sites for hydroxylation is 1. The molecular formula is C15H13N3O3. The molecule has 0 bridgehead atoms. The summed E-state index contributed by atoms with van der Waals surface area (Å²) in [6, 6.07) is 8.62. The number of methoxy groups -OCH3 is 1. The highest BCUT2D eigenvalue weighted by atomic mass is 16.5. The number of hydrogen-bond donors (Lipinski definition) is 1.